The Morgan fingerprint density at radius 1 is 0.938 bits per heavy atom. The number of nitrogens with one attached hydrogen (secondary N) is 1. The van der Waals surface area contributed by atoms with Gasteiger partial charge in [0.05, 0.1) is 36.9 Å². The van der Waals surface area contributed by atoms with Crippen molar-refractivity contribution in [3.63, 3.8) is 0 Å². The lowest BCUT2D eigenvalue weighted by Gasteiger charge is -2.14. The van der Waals surface area contributed by atoms with Crippen LogP contribution in [0.15, 0.2) is 72.8 Å². The summed E-state index contributed by atoms with van der Waals surface area (Å²) < 4.78 is 12.3. The number of ether oxygens (including phenoxy) is 2. The number of aryl methyl sites for hydroxylation is 1. The van der Waals surface area contributed by atoms with E-state index in [1.165, 1.54) is 13.2 Å². The minimum Gasteiger partial charge on any atom is -0.497 e. The number of anilines is 2. The smallest absolute Gasteiger partial charge is 0.337 e. The molecule has 0 saturated carbocycles. The lowest BCUT2D eigenvalue weighted by atomic mass is 10.1. The highest BCUT2D eigenvalue weighted by Gasteiger charge is 2.17. The molecule has 1 aromatic heterocycles. The number of aromatic carboxylic acids is 1. The normalized spacial score (nSPS) is 10.6. The first-order valence-corrected chi connectivity index (χ1v) is 9.99. The summed E-state index contributed by atoms with van der Waals surface area (Å²) in [4.78, 5) is 11.9. The Bertz CT molecular complexity index is 1280. The molecule has 0 aliphatic rings. The molecule has 0 atom stereocenters. The van der Waals surface area contributed by atoms with Crippen LogP contribution in [0, 0.1) is 6.92 Å². The van der Waals surface area contributed by atoms with E-state index >= 15 is 0 Å². The van der Waals surface area contributed by atoms with Crippen LogP contribution in [0.3, 0.4) is 0 Å². The first kappa shape index (κ1) is 21.0. The molecule has 0 fully saturated rings. The van der Waals surface area contributed by atoms with E-state index < -0.39 is 5.97 Å². The predicted octanol–water partition coefficient (Wildman–Crippen LogP) is 5.31. The molecule has 0 bridgehead atoms. The van der Waals surface area contributed by atoms with Crippen LogP contribution in [-0.2, 0) is 0 Å². The van der Waals surface area contributed by atoms with Crippen molar-refractivity contribution in [3.05, 3.63) is 83.9 Å². The molecule has 4 rings (SSSR count). The minimum atomic E-state index is -1.05. The Morgan fingerprint density at radius 2 is 1.69 bits per heavy atom. The summed E-state index contributed by atoms with van der Waals surface area (Å²) in [5, 5.41) is 17.8. The van der Waals surface area contributed by atoms with Crippen molar-refractivity contribution >= 4 is 17.5 Å². The molecule has 0 unspecified atom stereocenters. The predicted molar refractivity (Wildman–Crippen MR) is 124 cm³/mol. The summed E-state index contributed by atoms with van der Waals surface area (Å²) in [6, 6.07) is 22.3. The molecule has 2 N–H and O–H groups in total. The lowest BCUT2D eigenvalue weighted by Crippen LogP contribution is -2.07. The molecule has 0 spiro atoms. The van der Waals surface area contributed by atoms with Gasteiger partial charge in [0, 0.05) is 11.6 Å². The summed E-state index contributed by atoms with van der Waals surface area (Å²) in [5.41, 5.74) is 4.06. The quantitative estimate of drug-likeness (QED) is 0.414. The number of benzene rings is 3. The molecule has 1 heterocycles. The third-order valence-corrected chi connectivity index (χ3v) is 5.14. The second-order valence-corrected chi connectivity index (χ2v) is 7.19. The van der Waals surface area contributed by atoms with E-state index in [0.29, 0.717) is 17.3 Å². The molecular formula is C25H23N3O4. The van der Waals surface area contributed by atoms with E-state index in [1.54, 1.807) is 23.9 Å². The molecule has 0 radical (unpaired) electrons. The number of rotatable bonds is 7. The SMILES string of the molecule is COc1cccc(-c2cc(Nc3ccc(OC)cc3C(=O)O)n(-c3ccccc3C)n2)c1. The summed E-state index contributed by atoms with van der Waals surface area (Å²) in [6.07, 6.45) is 0. The van der Waals surface area contributed by atoms with Gasteiger partial charge >= 0.3 is 5.97 Å². The highest BCUT2D eigenvalue weighted by Crippen LogP contribution is 2.31. The monoisotopic (exact) mass is 429 g/mol. The Hall–Kier alpha value is -4.26. The summed E-state index contributed by atoms with van der Waals surface area (Å²) >= 11 is 0. The Labute approximate surface area is 185 Å². The van der Waals surface area contributed by atoms with Crippen molar-refractivity contribution in [2.24, 2.45) is 0 Å². The van der Waals surface area contributed by atoms with Gasteiger partial charge in [-0.15, -0.1) is 0 Å². The van der Waals surface area contributed by atoms with Gasteiger partial charge in [0.25, 0.3) is 0 Å². The van der Waals surface area contributed by atoms with Gasteiger partial charge in [-0.3, -0.25) is 0 Å². The fourth-order valence-electron chi connectivity index (χ4n) is 3.45. The number of nitrogens with zero attached hydrogens (tertiary/aromatic N) is 2. The number of methoxy groups -OCH3 is 2. The van der Waals surface area contributed by atoms with Crippen LogP contribution in [0.5, 0.6) is 11.5 Å². The van der Waals surface area contributed by atoms with Gasteiger partial charge in [-0.05, 0) is 48.9 Å². The standard InChI is InChI=1S/C25H23N3O4/c1-16-7-4-5-10-23(16)28-24(15-22(27-28)17-8-6-9-18(13-17)31-2)26-21-12-11-19(32-3)14-20(21)25(29)30/h4-15,26H,1-3H3,(H,29,30). The second kappa shape index (κ2) is 8.85. The van der Waals surface area contributed by atoms with Crippen molar-refractivity contribution in [1.82, 2.24) is 9.78 Å². The number of carbonyl (C=O) groups is 1. The van der Waals surface area contributed by atoms with E-state index in [0.717, 1.165) is 28.3 Å². The summed E-state index contributed by atoms with van der Waals surface area (Å²) in [6.45, 7) is 2.00. The largest absolute Gasteiger partial charge is 0.497 e. The maximum atomic E-state index is 11.9. The average molecular weight is 429 g/mol. The highest BCUT2D eigenvalue weighted by molar-refractivity contribution is 5.95. The van der Waals surface area contributed by atoms with Gasteiger partial charge in [0.1, 0.15) is 17.3 Å². The molecule has 0 aliphatic carbocycles. The van der Waals surface area contributed by atoms with Gasteiger partial charge < -0.3 is 19.9 Å². The zero-order valence-electron chi connectivity index (χ0n) is 18.0. The number of hydrogen-bond donors (Lipinski definition) is 2. The topological polar surface area (TPSA) is 85.6 Å². The van der Waals surface area contributed by atoms with Gasteiger partial charge in [-0.25, -0.2) is 9.48 Å². The number of carboxylic acids is 1. The maximum absolute atomic E-state index is 11.9. The Kier molecular flexibility index (Phi) is 5.81. The third kappa shape index (κ3) is 4.13. The summed E-state index contributed by atoms with van der Waals surface area (Å²) in [5.74, 6) is 0.773. The van der Waals surface area contributed by atoms with E-state index in [9.17, 15) is 9.90 Å². The molecule has 7 nitrogen and oxygen atoms in total. The number of aromatic nitrogens is 2. The van der Waals surface area contributed by atoms with Crippen molar-refractivity contribution in [1.29, 1.82) is 0 Å². The molecule has 4 aromatic rings. The lowest BCUT2D eigenvalue weighted by molar-refractivity contribution is 0.0697. The van der Waals surface area contributed by atoms with E-state index in [-0.39, 0.29) is 5.56 Å². The van der Waals surface area contributed by atoms with Crippen molar-refractivity contribution in [3.8, 4) is 28.4 Å². The van der Waals surface area contributed by atoms with Crippen LogP contribution in [0.1, 0.15) is 15.9 Å². The third-order valence-electron chi connectivity index (χ3n) is 5.14. The molecule has 0 amide bonds. The molecule has 7 heteroatoms. The van der Waals surface area contributed by atoms with Crippen LogP contribution in [0.25, 0.3) is 16.9 Å². The zero-order valence-corrected chi connectivity index (χ0v) is 18.0. The van der Waals surface area contributed by atoms with Crippen molar-refractivity contribution in [2.75, 3.05) is 19.5 Å². The number of hydrogen-bond acceptors (Lipinski definition) is 5. The molecule has 32 heavy (non-hydrogen) atoms. The molecule has 0 aliphatic heterocycles. The molecule has 0 saturated heterocycles. The minimum absolute atomic E-state index is 0.102. The van der Waals surface area contributed by atoms with Crippen LogP contribution in [-0.4, -0.2) is 35.1 Å². The first-order chi connectivity index (χ1) is 15.5. The molecular weight excluding hydrogens is 406 g/mol. The molecule has 3 aromatic carbocycles. The Morgan fingerprint density at radius 3 is 2.41 bits per heavy atom. The number of para-hydroxylation sites is 1. The fraction of sp³-hybridized carbons (Fsp3) is 0.120. The Balaban J connectivity index is 1.85. The number of carboxylic acid groups (broad SMARTS) is 1. The van der Waals surface area contributed by atoms with Crippen LogP contribution >= 0.6 is 0 Å². The highest BCUT2D eigenvalue weighted by atomic mass is 16.5. The molecule has 162 valence electrons. The first-order valence-electron chi connectivity index (χ1n) is 9.99. The van der Waals surface area contributed by atoms with Crippen LogP contribution < -0.4 is 14.8 Å². The van der Waals surface area contributed by atoms with Crippen LogP contribution in [0.4, 0.5) is 11.5 Å². The maximum Gasteiger partial charge on any atom is 0.337 e. The fourth-order valence-corrected chi connectivity index (χ4v) is 3.45. The van der Waals surface area contributed by atoms with E-state index in [1.807, 2.05) is 61.5 Å². The van der Waals surface area contributed by atoms with Gasteiger partial charge in [-0.1, -0.05) is 30.3 Å². The van der Waals surface area contributed by atoms with Crippen LogP contribution in [0.2, 0.25) is 0 Å². The average Bonchev–Trinajstić information content (AvgIpc) is 3.23. The van der Waals surface area contributed by atoms with Crippen molar-refractivity contribution in [2.45, 2.75) is 6.92 Å². The van der Waals surface area contributed by atoms with E-state index in [4.69, 9.17) is 14.6 Å². The van der Waals surface area contributed by atoms with Gasteiger partial charge in [0.15, 0.2) is 0 Å². The zero-order chi connectivity index (χ0) is 22.7. The van der Waals surface area contributed by atoms with Crippen molar-refractivity contribution < 1.29 is 19.4 Å². The second-order valence-electron chi connectivity index (χ2n) is 7.19. The van der Waals surface area contributed by atoms with E-state index in [2.05, 4.69) is 5.32 Å². The van der Waals surface area contributed by atoms with Gasteiger partial charge in [-0.2, -0.15) is 5.10 Å². The summed E-state index contributed by atoms with van der Waals surface area (Å²) in [7, 11) is 3.12. The van der Waals surface area contributed by atoms with Gasteiger partial charge in [0.2, 0.25) is 0 Å².